The normalized spacial score (nSPS) is 20.5. The molecule has 0 radical (unpaired) electrons. The van der Waals surface area contributed by atoms with Crippen molar-refractivity contribution in [2.24, 2.45) is 0 Å². The average molecular weight is 336 g/mol. The van der Waals surface area contributed by atoms with E-state index < -0.39 is 42.9 Å². The predicted octanol–water partition coefficient (Wildman–Crippen LogP) is 3.29. The zero-order valence-corrected chi connectivity index (χ0v) is 11.3. The van der Waals surface area contributed by atoms with Crippen molar-refractivity contribution in [3.05, 3.63) is 0 Å². The molecular formula is C12H14F6O4. The SMILES string of the molecule is O=C1CCCCC(CCC(=O)OC(C(F)(F)F)C(F)(F)F)O1. The first-order valence-corrected chi connectivity index (χ1v) is 6.52. The zero-order valence-electron chi connectivity index (χ0n) is 11.3. The summed E-state index contributed by atoms with van der Waals surface area (Å²) < 4.78 is 81.7. The fourth-order valence-electron chi connectivity index (χ4n) is 1.94. The fourth-order valence-corrected chi connectivity index (χ4v) is 1.94. The monoisotopic (exact) mass is 336 g/mol. The lowest BCUT2D eigenvalue weighted by Crippen LogP contribution is -2.45. The molecule has 0 amide bonds. The van der Waals surface area contributed by atoms with E-state index >= 15 is 0 Å². The third kappa shape index (κ3) is 6.10. The lowest BCUT2D eigenvalue weighted by atomic mass is 10.1. The van der Waals surface area contributed by atoms with Crippen LogP contribution in [0.4, 0.5) is 26.3 Å². The van der Waals surface area contributed by atoms with Gasteiger partial charge >= 0.3 is 24.3 Å². The molecule has 0 aromatic heterocycles. The van der Waals surface area contributed by atoms with Gasteiger partial charge in [-0.2, -0.15) is 26.3 Å². The molecule has 0 saturated carbocycles. The van der Waals surface area contributed by atoms with Crippen LogP contribution in [0.2, 0.25) is 0 Å². The molecule has 1 saturated heterocycles. The van der Waals surface area contributed by atoms with E-state index in [4.69, 9.17) is 4.74 Å². The molecule has 1 aliphatic heterocycles. The molecule has 4 nitrogen and oxygen atoms in total. The second-order valence-corrected chi connectivity index (χ2v) is 4.85. The van der Waals surface area contributed by atoms with Crippen LogP contribution < -0.4 is 0 Å². The Morgan fingerprint density at radius 1 is 1.18 bits per heavy atom. The topological polar surface area (TPSA) is 52.6 Å². The summed E-state index contributed by atoms with van der Waals surface area (Å²) in [7, 11) is 0. The minimum absolute atomic E-state index is 0.174. The van der Waals surface area contributed by atoms with E-state index in [-0.39, 0.29) is 12.8 Å². The lowest BCUT2D eigenvalue weighted by molar-refractivity contribution is -0.313. The van der Waals surface area contributed by atoms with E-state index in [2.05, 4.69) is 4.74 Å². The van der Waals surface area contributed by atoms with Crippen molar-refractivity contribution >= 4 is 11.9 Å². The molecule has 10 heteroatoms. The first-order valence-electron chi connectivity index (χ1n) is 6.52. The van der Waals surface area contributed by atoms with Gasteiger partial charge in [0.2, 0.25) is 0 Å². The summed E-state index contributed by atoms with van der Waals surface area (Å²) in [5.74, 6) is -2.14. The van der Waals surface area contributed by atoms with Crippen LogP contribution >= 0.6 is 0 Å². The molecule has 1 aliphatic rings. The summed E-state index contributed by atoms with van der Waals surface area (Å²) in [4.78, 5) is 22.3. The van der Waals surface area contributed by atoms with Gasteiger partial charge in [-0.1, -0.05) is 0 Å². The summed E-state index contributed by atoms with van der Waals surface area (Å²) >= 11 is 0. The molecular weight excluding hydrogens is 322 g/mol. The van der Waals surface area contributed by atoms with Gasteiger partial charge in [-0.3, -0.25) is 9.59 Å². The van der Waals surface area contributed by atoms with Crippen LogP contribution in [0.5, 0.6) is 0 Å². The van der Waals surface area contributed by atoms with Crippen LogP contribution in [0, 0.1) is 0 Å². The van der Waals surface area contributed by atoms with Crippen LogP contribution in [0.25, 0.3) is 0 Å². The number of esters is 2. The molecule has 128 valence electrons. The maximum Gasteiger partial charge on any atom is 0.434 e. The number of halogens is 6. The van der Waals surface area contributed by atoms with E-state index in [1.54, 1.807) is 0 Å². The number of carbonyl (C=O) groups excluding carboxylic acids is 2. The van der Waals surface area contributed by atoms with Gasteiger partial charge in [0.05, 0.1) is 0 Å². The molecule has 1 atom stereocenters. The Balaban J connectivity index is 2.52. The zero-order chi connectivity index (χ0) is 17.0. The minimum Gasteiger partial charge on any atom is -0.462 e. The second kappa shape index (κ2) is 7.19. The van der Waals surface area contributed by atoms with Crippen LogP contribution in [0.15, 0.2) is 0 Å². The Kier molecular flexibility index (Phi) is 6.07. The summed E-state index contributed by atoms with van der Waals surface area (Å²) in [5.41, 5.74) is 0. The van der Waals surface area contributed by atoms with Crippen LogP contribution in [-0.4, -0.2) is 36.5 Å². The van der Waals surface area contributed by atoms with E-state index in [0.29, 0.717) is 19.3 Å². The van der Waals surface area contributed by atoms with Crippen molar-refractivity contribution in [3.8, 4) is 0 Å². The Labute approximate surface area is 121 Å². The summed E-state index contributed by atoms with van der Waals surface area (Å²) in [6, 6.07) is 0. The number of hydrogen-bond donors (Lipinski definition) is 0. The van der Waals surface area contributed by atoms with Gasteiger partial charge < -0.3 is 9.47 Å². The molecule has 0 aliphatic carbocycles. The van der Waals surface area contributed by atoms with Gasteiger partial charge in [0.15, 0.2) is 0 Å². The van der Waals surface area contributed by atoms with Crippen molar-refractivity contribution in [2.75, 3.05) is 0 Å². The smallest absolute Gasteiger partial charge is 0.434 e. The van der Waals surface area contributed by atoms with Gasteiger partial charge in [-0.15, -0.1) is 0 Å². The van der Waals surface area contributed by atoms with Crippen LogP contribution in [0.1, 0.15) is 38.5 Å². The first-order chi connectivity index (χ1) is 10.00. The highest BCUT2D eigenvalue weighted by atomic mass is 19.4. The van der Waals surface area contributed by atoms with Crippen molar-refractivity contribution in [1.29, 1.82) is 0 Å². The number of carbonyl (C=O) groups is 2. The molecule has 1 fully saturated rings. The predicted molar refractivity (Wildman–Crippen MR) is 59.6 cm³/mol. The second-order valence-electron chi connectivity index (χ2n) is 4.85. The molecule has 1 heterocycles. The van der Waals surface area contributed by atoms with Crippen LogP contribution in [0.3, 0.4) is 0 Å². The average Bonchev–Trinajstić information content (AvgIpc) is 2.55. The Bertz CT molecular complexity index is 389. The Morgan fingerprint density at radius 2 is 1.77 bits per heavy atom. The Hall–Kier alpha value is -1.48. The fraction of sp³-hybridized carbons (Fsp3) is 0.833. The van der Waals surface area contributed by atoms with Crippen LogP contribution in [-0.2, 0) is 19.1 Å². The number of hydrogen-bond acceptors (Lipinski definition) is 4. The minimum atomic E-state index is -5.73. The van der Waals surface area contributed by atoms with Gasteiger partial charge in [-0.25, -0.2) is 0 Å². The van der Waals surface area contributed by atoms with E-state index in [9.17, 15) is 35.9 Å². The molecule has 1 unspecified atom stereocenters. The molecule has 0 aromatic rings. The Morgan fingerprint density at radius 3 is 2.32 bits per heavy atom. The maximum absolute atomic E-state index is 12.2. The molecule has 0 aromatic carbocycles. The molecule has 0 spiro atoms. The number of ether oxygens (including phenoxy) is 2. The third-order valence-corrected chi connectivity index (χ3v) is 2.97. The molecule has 1 rings (SSSR count). The van der Waals surface area contributed by atoms with Gasteiger partial charge in [0.25, 0.3) is 6.10 Å². The highest BCUT2D eigenvalue weighted by Crippen LogP contribution is 2.36. The van der Waals surface area contributed by atoms with Gasteiger partial charge in [0.1, 0.15) is 6.10 Å². The quantitative estimate of drug-likeness (QED) is 0.584. The van der Waals surface area contributed by atoms with Crippen molar-refractivity contribution in [1.82, 2.24) is 0 Å². The lowest BCUT2D eigenvalue weighted by Gasteiger charge is -2.23. The molecule has 0 bridgehead atoms. The van der Waals surface area contributed by atoms with Crippen molar-refractivity contribution in [2.45, 2.75) is 63.1 Å². The number of cyclic esters (lactones) is 1. The summed E-state index contributed by atoms with van der Waals surface area (Å²) in [5, 5.41) is 0. The first kappa shape index (κ1) is 18.6. The highest BCUT2D eigenvalue weighted by Gasteiger charge is 2.59. The van der Waals surface area contributed by atoms with Gasteiger partial charge in [0, 0.05) is 12.8 Å². The third-order valence-electron chi connectivity index (χ3n) is 2.97. The van der Waals surface area contributed by atoms with Gasteiger partial charge in [-0.05, 0) is 25.7 Å². The molecule has 22 heavy (non-hydrogen) atoms. The number of rotatable bonds is 4. The van der Waals surface area contributed by atoms with E-state index in [0.717, 1.165) is 0 Å². The summed E-state index contributed by atoms with van der Waals surface area (Å²) in [6.45, 7) is 0. The molecule has 0 N–H and O–H groups in total. The summed E-state index contributed by atoms with van der Waals surface area (Å²) in [6.07, 6.45) is -15.4. The highest BCUT2D eigenvalue weighted by molar-refractivity contribution is 5.71. The van der Waals surface area contributed by atoms with Crippen molar-refractivity contribution in [3.63, 3.8) is 0 Å². The maximum atomic E-state index is 12.2. The van der Waals surface area contributed by atoms with E-state index in [1.807, 2.05) is 0 Å². The van der Waals surface area contributed by atoms with E-state index in [1.165, 1.54) is 0 Å². The standard InChI is InChI=1S/C12H14F6O4/c13-11(14,15)10(12(16,17)18)22-9(20)6-5-7-3-1-2-4-8(19)21-7/h7,10H,1-6H2. The number of alkyl halides is 6. The van der Waals surface area contributed by atoms with Crippen molar-refractivity contribution < 1.29 is 45.4 Å². The largest absolute Gasteiger partial charge is 0.462 e.